The molecule has 1 aromatic rings. The van der Waals surface area contributed by atoms with Crippen molar-refractivity contribution in [2.45, 2.75) is 31.7 Å². The van der Waals surface area contributed by atoms with Crippen molar-refractivity contribution in [2.75, 3.05) is 5.32 Å². The third-order valence-electron chi connectivity index (χ3n) is 3.26. The number of hydrazine groups is 1. The summed E-state index contributed by atoms with van der Waals surface area (Å²) < 4.78 is 0. The molecule has 0 radical (unpaired) electrons. The Bertz CT molecular complexity index is 360. The van der Waals surface area contributed by atoms with Crippen LogP contribution in [0, 0.1) is 5.92 Å². The number of carbonyl (C=O) groups excluding carboxylic acids is 1. The number of hydrogen-bond donors (Lipinski definition) is 3. The number of nitrogens with one attached hydrogen (secondary N) is 2. The summed E-state index contributed by atoms with van der Waals surface area (Å²) in [7, 11) is 0. The zero-order valence-electron chi connectivity index (χ0n) is 9.73. The summed E-state index contributed by atoms with van der Waals surface area (Å²) in [5.41, 5.74) is 2.23. The van der Waals surface area contributed by atoms with E-state index in [1.165, 1.54) is 0 Å². The average molecular weight is 234 g/mol. The van der Waals surface area contributed by atoms with Crippen molar-refractivity contribution in [1.82, 2.24) is 10.4 Å². The van der Waals surface area contributed by atoms with Crippen LogP contribution in [0.1, 0.15) is 25.7 Å². The van der Waals surface area contributed by atoms with Gasteiger partial charge in [-0.2, -0.15) is 0 Å². The first-order valence-electron chi connectivity index (χ1n) is 5.97. The highest BCUT2D eigenvalue weighted by Gasteiger charge is 2.25. The summed E-state index contributed by atoms with van der Waals surface area (Å²) in [6, 6.07) is 6.22. The molecule has 1 heterocycles. The van der Waals surface area contributed by atoms with E-state index in [0.717, 1.165) is 31.5 Å². The number of carbonyl (C=O) groups is 1. The Hall–Kier alpha value is -1.62. The van der Waals surface area contributed by atoms with Crippen molar-refractivity contribution in [1.29, 1.82) is 0 Å². The minimum absolute atomic E-state index is 0.0405. The zero-order chi connectivity index (χ0) is 12.1. The first-order chi connectivity index (χ1) is 8.29. The van der Waals surface area contributed by atoms with E-state index < -0.39 is 0 Å². The van der Waals surface area contributed by atoms with Crippen LogP contribution in [0.25, 0.3) is 0 Å². The van der Waals surface area contributed by atoms with Crippen molar-refractivity contribution in [2.24, 2.45) is 11.8 Å². The molecule has 0 saturated heterocycles. The van der Waals surface area contributed by atoms with Gasteiger partial charge in [-0.3, -0.25) is 10.2 Å². The fourth-order valence-corrected chi connectivity index (χ4v) is 2.28. The Balaban J connectivity index is 1.82. The lowest BCUT2D eigenvalue weighted by molar-refractivity contribution is -0.126. The van der Waals surface area contributed by atoms with Gasteiger partial charge in [0.25, 0.3) is 0 Å². The Morgan fingerprint density at radius 2 is 2.06 bits per heavy atom. The monoisotopic (exact) mass is 234 g/mol. The van der Waals surface area contributed by atoms with Gasteiger partial charge in [-0.25, -0.2) is 10.8 Å². The standard InChI is InChI=1S/C12H18N4O/c13-16-12(17)9-4-6-10(7-5-9)15-11-3-1-2-8-14-11/h1-3,8-10H,4-7,13H2,(H,14,15)(H,16,17)/t9-,10-. The molecule has 1 aromatic heterocycles. The predicted molar refractivity (Wildman–Crippen MR) is 65.9 cm³/mol. The molecule has 0 bridgehead atoms. The minimum atomic E-state index is -0.0405. The maximum Gasteiger partial charge on any atom is 0.236 e. The van der Waals surface area contributed by atoms with Crippen LogP contribution < -0.4 is 16.6 Å². The molecule has 5 heteroatoms. The van der Waals surface area contributed by atoms with Crippen molar-refractivity contribution in [3.8, 4) is 0 Å². The number of rotatable bonds is 3. The summed E-state index contributed by atoms with van der Waals surface area (Å²) in [5, 5.41) is 3.38. The van der Waals surface area contributed by atoms with Crippen LogP contribution in [0.3, 0.4) is 0 Å². The van der Waals surface area contributed by atoms with Gasteiger partial charge in [-0.05, 0) is 37.8 Å². The molecular weight excluding hydrogens is 216 g/mol. The van der Waals surface area contributed by atoms with Gasteiger partial charge in [-0.1, -0.05) is 6.07 Å². The van der Waals surface area contributed by atoms with Gasteiger partial charge in [0, 0.05) is 18.2 Å². The molecule has 0 unspecified atom stereocenters. The molecule has 1 aliphatic rings. The largest absolute Gasteiger partial charge is 0.367 e. The van der Waals surface area contributed by atoms with Crippen LogP contribution >= 0.6 is 0 Å². The second-order valence-corrected chi connectivity index (χ2v) is 4.42. The van der Waals surface area contributed by atoms with Gasteiger partial charge in [0.2, 0.25) is 5.91 Å². The van der Waals surface area contributed by atoms with E-state index in [9.17, 15) is 4.79 Å². The van der Waals surface area contributed by atoms with Gasteiger partial charge in [0.15, 0.2) is 0 Å². The van der Waals surface area contributed by atoms with Gasteiger partial charge in [0.1, 0.15) is 5.82 Å². The highest BCUT2D eigenvalue weighted by atomic mass is 16.2. The summed E-state index contributed by atoms with van der Waals surface area (Å²) in [4.78, 5) is 15.6. The number of aromatic nitrogens is 1. The van der Waals surface area contributed by atoms with Crippen molar-refractivity contribution >= 4 is 11.7 Å². The van der Waals surface area contributed by atoms with E-state index in [4.69, 9.17) is 5.84 Å². The van der Waals surface area contributed by atoms with Crippen LogP contribution in [-0.2, 0) is 4.79 Å². The zero-order valence-corrected chi connectivity index (χ0v) is 9.73. The Morgan fingerprint density at radius 1 is 1.29 bits per heavy atom. The smallest absolute Gasteiger partial charge is 0.236 e. The topological polar surface area (TPSA) is 80.0 Å². The van der Waals surface area contributed by atoms with Crippen LogP contribution in [-0.4, -0.2) is 16.9 Å². The van der Waals surface area contributed by atoms with Crippen LogP contribution in [0.5, 0.6) is 0 Å². The normalized spacial score (nSPS) is 24.1. The summed E-state index contributed by atoms with van der Waals surface area (Å²) in [5.74, 6) is 6.07. The van der Waals surface area contributed by atoms with Gasteiger partial charge < -0.3 is 5.32 Å². The quantitative estimate of drug-likeness (QED) is 0.415. The molecule has 0 aromatic carbocycles. The highest BCUT2D eigenvalue weighted by molar-refractivity contribution is 5.78. The SMILES string of the molecule is NNC(=O)[C@H]1CC[C@H](Nc2ccccn2)CC1. The number of hydrogen-bond acceptors (Lipinski definition) is 4. The molecule has 5 nitrogen and oxygen atoms in total. The van der Waals surface area contributed by atoms with Crippen molar-refractivity contribution < 1.29 is 4.79 Å². The average Bonchev–Trinajstić information content (AvgIpc) is 2.40. The Labute approximate surface area is 101 Å². The third-order valence-corrected chi connectivity index (χ3v) is 3.26. The molecule has 1 fully saturated rings. The lowest BCUT2D eigenvalue weighted by Gasteiger charge is -2.28. The molecule has 0 aliphatic heterocycles. The molecule has 92 valence electrons. The lowest BCUT2D eigenvalue weighted by Crippen LogP contribution is -2.39. The van der Waals surface area contributed by atoms with Crippen LogP contribution in [0.4, 0.5) is 5.82 Å². The van der Waals surface area contributed by atoms with Crippen LogP contribution in [0.15, 0.2) is 24.4 Å². The summed E-state index contributed by atoms with van der Waals surface area (Å²) >= 11 is 0. The van der Waals surface area contributed by atoms with E-state index in [-0.39, 0.29) is 11.8 Å². The van der Waals surface area contributed by atoms with Gasteiger partial charge >= 0.3 is 0 Å². The number of anilines is 1. The lowest BCUT2D eigenvalue weighted by atomic mass is 9.85. The molecule has 1 saturated carbocycles. The first-order valence-corrected chi connectivity index (χ1v) is 5.97. The predicted octanol–water partition coefficient (Wildman–Crippen LogP) is 1.04. The number of nitrogens with zero attached hydrogens (tertiary/aromatic N) is 1. The molecule has 0 atom stereocenters. The Morgan fingerprint density at radius 3 is 2.65 bits per heavy atom. The second kappa shape index (κ2) is 5.63. The molecular formula is C12H18N4O. The summed E-state index contributed by atoms with van der Waals surface area (Å²) in [6.07, 6.45) is 5.50. The maximum absolute atomic E-state index is 11.4. The number of nitrogens with two attached hydrogens (primary N) is 1. The van der Waals surface area contributed by atoms with Gasteiger partial charge in [-0.15, -0.1) is 0 Å². The van der Waals surface area contributed by atoms with E-state index in [0.29, 0.717) is 6.04 Å². The molecule has 1 aliphatic carbocycles. The highest BCUT2D eigenvalue weighted by Crippen LogP contribution is 2.26. The summed E-state index contributed by atoms with van der Waals surface area (Å²) in [6.45, 7) is 0. The minimum Gasteiger partial charge on any atom is -0.367 e. The maximum atomic E-state index is 11.4. The van der Waals surface area contributed by atoms with Crippen molar-refractivity contribution in [3.05, 3.63) is 24.4 Å². The molecule has 17 heavy (non-hydrogen) atoms. The molecule has 2 rings (SSSR count). The first kappa shape index (κ1) is 11.9. The molecule has 4 N–H and O–H groups in total. The van der Waals surface area contributed by atoms with E-state index in [1.54, 1.807) is 6.20 Å². The Kier molecular flexibility index (Phi) is 3.93. The fourth-order valence-electron chi connectivity index (χ4n) is 2.28. The van der Waals surface area contributed by atoms with Crippen LogP contribution in [0.2, 0.25) is 0 Å². The van der Waals surface area contributed by atoms with E-state index in [2.05, 4.69) is 15.7 Å². The van der Waals surface area contributed by atoms with E-state index >= 15 is 0 Å². The number of pyridine rings is 1. The van der Waals surface area contributed by atoms with Gasteiger partial charge in [0.05, 0.1) is 0 Å². The second-order valence-electron chi connectivity index (χ2n) is 4.42. The van der Waals surface area contributed by atoms with E-state index in [1.807, 2.05) is 18.2 Å². The molecule has 1 amide bonds. The third kappa shape index (κ3) is 3.17. The number of amides is 1. The molecule has 0 spiro atoms. The van der Waals surface area contributed by atoms with Crippen molar-refractivity contribution in [3.63, 3.8) is 0 Å². The fraction of sp³-hybridized carbons (Fsp3) is 0.500.